The number of rotatable bonds is 5. The zero-order valence-corrected chi connectivity index (χ0v) is 15.3. The molecule has 0 spiro atoms. The van der Waals surface area contributed by atoms with Gasteiger partial charge in [0, 0.05) is 13.1 Å². The number of aryl methyl sites for hydroxylation is 4. The van der Waals surface area contributed by atoms with Gasteiger partial charge in [0.1, 0.15) is 10.7 Å². The zero-order chi connectivity index (χ0) is 17.3. The van der Waals surface area contributed by atoms with E-state index in [9.17, 15) is 4.79 Å². The van der Waals surface area contributed by atoms with E-state index in [1.54, 1.807) is 11.7 Å². The molecule has 0 aliphatic heterocycles. The molecule has 0 saturated carbocycles. The first-order valence-corrected chi connectivity index (χ1v) is 8.94. The van der Waals surface area contributed by atoms with Crippen molar-refractivity contribution in [1.29, 1.82) is 0 Å². The first-order valence-electron chi connectivity index (χ1n) is 7.13. The number of nitrogens with zero attached hydrogens (tertiary/aromatic N) is 5. The largest absolute Gasteiger partial charge is 0.410 e. The molecule has 3 aromatic rings. The summed E-state index contributed by atoms with van der Waals surface area (Å²) >= 11 is 2.70. The molecule has 0 aliphatic carbocycles. The van der Waals surface area contributed by atoms with Gasteiger partial charge in [-0.25, -0.2) is 4.98 Å². The van der Waals surface area contributed by atoms with Gasteiger partial charge in [-0.05, 0) is 20.8 Å². The van der Waals surface area contributed by atoms with E-state index in [1.807, 2.05) is 26.8 Å². The van der Waals surface area contributed by atoms with Crippen molar-refractivity contribution in [2.45, 2.75) is 26.0 Å². The average molecular weight is 364 g/mol. The number of hydrogen-bond acceptors (Lipinski definition) is 8. The number of carbonyl (C=O) groups is 1. The summed E-state index contributed by atoms with van der Waals surface area (Å²) in [5.74, 6) is 1.10. The molecule has 0 aliphatic rings. The predicted octanol–water partition coefficient (Wildman–Crippen LogP) is 2.58. The van der Waals surface area contributed by atoms with E-state index in [-0.39, 0.29) is 11.7 Å². The van der Waals surface area contributed by atoms with Gasteiger partial charge in [0.2, 0.25) is 5.91 Å². The Morgan fingerprint density at radius 1 is 1.38 bits per heavy atom. The lowest BCUT2D eigenvalue weighted by Crippen LogP contribution is -2.16. The van der Waals surface area contributed by atoms with Crippen LogP contribution < -0.4 is 5.32 Å². The Morgan fingerprint density at radius 3 is 2.79 bits per heavy atom. The van der Waals surface area contributed by atoms with Crippen LogP contribution in [0.2, 0.25) is 0 Å². The Bertz CT molecular complexity index is 882. The van der Waals surface area contributed by atoms with E-state index in [2.05, 4.69) is 25.6 Å². The summed E-state index contributed by atoms with van der Waals surface area (Å²) in [7, 11) is 1.78. The van der Waals surface area contributed by atoms with E-state index in [0.717, 1.165) is 21.3 Å². The second kappa shape index (κ2) is 6.73. The van der Waals surface area contributed by atoms with Crippen LogP contribution in [-0.4, -0.2) is 36.6 Å². The van der Waals surface area contributed by atoms with Crippen molar-refractivity contribution in [3.63, 3.8) is 0 Å². The van der Waals surface area contributed by atoms with Crippen LogP contribution in [0.5, 0.6) is 0 Å². The fraction of sp³-hybridized carbons (Fsp3) is 0.357. The number of anilines is 1. The van der Waals surface area contributed by atoms with Gasteiger partial charge < -0.3 is 9.73 Å². The molecule has 10 heteroatoms. The van der Waals surface area contributed by atoms with Gasteiger partial charge in [0.25, 0.3) is 11.1 Å². The van der Waals surface area contributed by atoms with E-state index in [4.69, 9.17) is 4.42 Å². The Kier molecular flexibility index (Phi) is 4.67. The van der Waals surface area contributed by atoms with E-state index >= 15 is 0 Å². The molecule has 24 heavy (non-hydrogen) atoms. The highest BCUT2D eigenvalue weighted by Crippen LogP contribution is 2.30. The highest BCUT2D eigenvalue weighted by Gasteiger charge is 2.16. The van der Waals surface area contributed by atoms with Gasteiger partial charge in [-0.1, -0.05) is 11.8 Å². The zero-order valence-electron chi connectivity index (χ0n) is 13.7. The minimum Gasteiger partial charge on any atom is -0.410 e. The smallest absolute Gasteiger partial charge is 0.277 e. The van der Waals surface area contributed by atoms with Crippen molar-refractivity contribution in [1.82, 2.24) is 25.0 Å². The standard InChI is InChI=1S/C14H16N6O2S2/c1-7-5-10(20(4)19-7)16-11(21)6-23-14-18-17-13(22-14)12-8(2)15-9(3)24-12/h5H,6H2,1-4H3,(H,16,21). The number of thiazole rings is 1. The third-order valence-electron chi connectivity index (χ3n) is 3.10. The van der Waals surface area contributed by atoms with Crippen LogP contribution in [0.3, 0.4) is 0 Å². The molecule has 3 rings (SSSR count). The number of amides is 1. The summed E-state index contributed by atoms with van der Waals surface area (Å²) in [5.41, 5.74) is 1.71. The summed E-state index contributed by atoms with van der Waals surface area (Å²) in [6.07, 6.45) is 0. The van der Waals surface area contributed by atoms with Crippen LogP contribution >= 0.6 is 23.1 Å². The minimum absolute atomic E-state index is 0.160. The summed E-state index contributed by atoms with van der Waals surface area (Å²) in [6.45, 7) is 5.70. The summed E-state index contributed by atoms with van der Waals surface area (Å²) in [5, 5.41) is 16.3. The maximum absolute atomic E-state index is 12.0. The van der Waals surface area contributed by atoms with Gasteiger partial charge >= 0.3 is 0 Å². The van der Waals surface area contributed by atoms with Crippen molar-refractivity contribution >= 4 is 34.8 Å². The first-order chi connectivity index (χ1) is 11.4. The molecule has 1 N–H and O–H groups in total. The van der Waals surface area contributed by atoms with Crippen molar-refractivity contribution in [3.05, 3.63) is 22.5 Å². The van der Waals surface area contributed by atoms with Crippen LogP contribution in [0.15, 0.2) is 15.7 Å². The van der Waals surface area contributed by atoms with Crippen molar-refractivity contribution < 1.29 is 9.21 Å². The Labute approximate surface area is 146 Å². The van der Waals surface area contributed by atoms with Crippen LogP contribution in [0.1, 0.15) is 16.4 Å². The molecule has 3 heterocycles. The lowest BCUT2D eigenvalue weighted by molar-refractivity contribution is -0.113. The number of hydrogen-bond donors (Lipinski definition) is 1. The average Bonchev–Trinajstić information content (AvgIpc) is 3.17. The highest BCUT2D eigenvalue weighted by atomic mass is 32.2. The molecule has 0 saturated heterocycles. The van der Waals surface area contributed by atoms with E-state index < -0.39 is 0 Å². The molecular weight excluding hydrogens is 348 g/mol. The molecule has 3 aromatic heterocycles. The number of carbonyl (C=O) groups excluding carboxylic acids is 1. The van der Waals surface area contributed by atoms with Crippen molar-refractivity contribution in [2.75, 3.05) is 11.1 Å². The van der Waals surface area contributed by atoms with Crippen LogP contribution in [0.4, 0.5) is 5.82 Å². The van der Waals surface area contributed by atoms with Crippen LogP contribution in [0.25, 0.3) is 10.8 Å². The van der Waals surface area contributed by atoms with Crippen LogP contribution in [-0.2, 0) is 11.8 Å². The van der Waals surface area contributed by atoms with Gasteiger partial charge in [0.15, 0.2) is 0 Å². The third kappa shape index (κ3) is 3.65. The van der Waals surface area contributed by atoms with Crippen LogP contribution in [0, 0.1) is 20.8 Å². The molecule has 0 atom stereocenters. The molecule has 0 bridgehead atoms. The second-order valence-corrected chi connectivity index (χ2v) is 7.28. The Balaban J connectivity index is 1.60. The highest BCUT2D eigenvalue weighted by molar-refractivity contribution is 7.99. The normalized spacial score (nSPS) is 11.0. The molecule has 0 aromatic carbocycles. The fourth-order valence-corrected chi connectivity index (χ4v) is 3.53. The van der Waals surface area contributed by atoms with Gasteiger partial charge in [-0.3, -0.25) is 9.48 Å². The predicted molar refractivity (Wildman–Crippen MR) is 92.2 cm³/mol. The minimum atomic E-state index is -0.160. The first kappa shape index (κ1) is 16.7. The van der Waals surface area contributed by atoms with E-state index in [1.165, 1.54) is 23.1 Å². The summed E-state index contributed by atoms with van der Waals surface area (Å²) in [4.78, 5) is 17.2. The van der Waals surface area contributed by atoms with Gasteiger partial charge in [-0.2, -0.15) is 5.10 Å². The molecule has 0 fully saturated rings. The molecule has 8 nitrogen and oxygen atoms in total. The molecule has 0 radical (unpaired) electrons. The maximum Gasteiger partial charge on any atom is 0.277 e. The van der Waals surface area contributed by atoms with Crippen molar-refractivity contribution in [2.24, 2.45) is 7.05 Å². The van der Waals surface area contributed by atoms with Gasteiger partial charge in [-0.15, -0.1) is 21.5 Å². The van der Waals surface area contributed by atoms with Crippen molar-refractivity contribution in [3.8, 4) is 10.8 Å². The monoisotopic (exact) mass is 364 g/mol. The van der Waals surface area contributed by atoms with Gasteiger partial charge in [0.05, 0.1) is 22.1 Å². The third-order valence-corrected chi connectivity index (χ3v) is 4.98. The lowest BCUT2D eigenvalue weighted by atomic mass is 10.4. The Morgan fingerprint density at radius 2 is 2.17 bits per heavy atom. The Hall–Kier alpha value is -2.20. The number of nitrogens with one attached hydrogen (secondary N) is 1. The van der Waals surface area contributed by atoms with E-state index in [0.29, 0.717) is 16.9 Å². The fourth-order valence-electron chi connectivity index (χ4n) is 2.12. The number of aromatic nitrogens is 5. The number of thioether (sulfide) groups is 1. The molecule has 1 amide bonds. The maximum atomic E-state index is 12.0. The lowest BCUT2D eigenvalue weighted by Gasteiger charge is -2.03. The molecular formula is C14H16N6O2S2. The second-order valence-electron chi connectivity index (χ2n) is 5.15. The molecule has 0 unspecified atom stereocenters. The summed E-state index contributed by atoms with van der Waals surface area (Å²) < 4.78 is 7.23. The topological polar surface area (TPSA) is 98.7 Å². The SMILES string of the molecule is Cc1cc(NC(=O)CSc2nnc(-c3sc(C)nc3C)o2)n(C)n1. The molecule has 126 valence electrons. The quantitative estimate of drug-likeness (QED) is 0.695. The summed E-state index contributed by atoms with van der Waals surface area (Å²) in [6, 6.07) is 1.81.